The Kier molecular flexibility index (Phi) is 7.05. The highest BCUT2D eigenvalue weighted by molar-refractivity contribution is 5.93. The second-order valence-electron chi connectivity index (χ2n) is 9.01. The largest absolute Gasteiger partial charge is 0.457 e. The van der Waals surface area contributed by atoms with Crippen LogP contribution < -0.4 is 15.4 Å². The van der Waals surface area contributed by atoms with Gasteiger partial charge in [-0.2, -0.15) is 13.2 Å². The summed E-state index contributed by atoms with van der Waals surface area (Å²) in [7, 11) is 0. The molecule has 35 heavy (non-hydrogen) atoms. The van der Waals surface area contributed by atoms with Crippen LogP contribution in [-0.4, -0.2) is 35.7 Å². The molecule has 3 N–H and O–H groups in total. The molecule has 188 valence electrons. The minimum absolute atomic E-state index is 0.0334. The summed E-state index contributed by atoms with van der Waals surface area (Å²) in [4.78, 5) is 25.1. The minimum Gasteiger partial charge on any atom is -0.457 e. The lowest BCUT2D eigenvalue weighted by molar-refractivity contribution is -0.138. The lowest BCUT2D eigenvalue weighted by atomic mass is 9.96. The molecule has 1 aliphatic heterocycles. The van der Waals surface area contributed by atoms with E-state index < -0.39 is 23.4 Å². The van der Waals surface area contributed by atoms with E-state index in [1.54, 1.807) is 12.1 Å². The van der Waals surface area contributed by atoms with Crippen LogP contribution in [-0.2, 0) is 27.0 Å². The van der Waals surface area contributed by atoms with E-state index in [1.165, 1.54) is 31.2 Å². The molecule has 0 radical (unpaired) electrons. The molecular formula is C25H27F3N2O5. The van der Waals surface area contributed by atoms with Crippen molar-refractivity contribution in [3.8, 4) is 11.5 Å². The molecule has 2 unspecified atom stereocenters. The normalized spacial score (nSPS) is 20.8. The number of hydrogen-bond acceptors (Lipinski definition) is 5. The van der Waals surface area contributed by atoms with Crippen LogP contribution in [0.4, 0.5) is 13.2 Å². The van der Waals surface area contributed by atoms with Gasteiger partial charge in [-0.15, -0.1) is 0 Å². The van der Waals surface area contributed by atoms with Gasteiger partial charge in [0.1, 0.15) is 17.0 Å². The molecule has 0 bridgehead atoms. The van der Waals surface area contributed by atoms with Crippen molar-refractivity contribution in [1.29, 1.82) is 0 Å². The van der Waals surface area contributed by atoms with Crippen LogP contribution in [0.1, 0.15) is 49.0 Å². The van der Waals surface area contributed by atoms with Gasteiger partial charge in [0.05, 0.1) is 18.3 Å². The Morgan fingerprint density at radius 1 is 1.20 bits per heavy atom. The standard InChI is InChI=1S/C25H27F3N2O5/c1-15(31)18-6-9-21(20(12-18)25(26,27)28)35-19-7-2-16(3-8-19)13-29-23(33)24(10-11-34-14-24)30-22(32)17-4-5-17/h2-3,6-9,12,15,17,31H,4-5,10-11,13-14H2,1H3,(H,29,33)(H,30,32). The summed E-state index contributed by atoms with van der Waals surface area (Å²) < 4.78 is 51.3. The number of aliphatic hydroxyl groups is 1. The second-order valence-corrected chi connectivity index (χ2v) is 9.01. The van der Waals surface area contributed by atoms with Gasteiger partial charge in [-0.05, 0) is 55.2 Å². The van der Waals surface area contributed by atoms with E-state index >= 15 is 0 Å². The number of ether oxygens (including phenoxy) is 2. The van der Waals surface area contributed by atoms with Gasteiger partial charge in [0.2, 0.25) is 11.8 Å². The molecule has 7 nitrogen and oxygen atoms in total. The summed E-state index contributed by atoms with van der Waals surface area (Å²) in [6.07, 6.45) is -3.66. The van der Waals surface area contributed by atoms with Crippen LogP contribution in [0, 0.1) is 5.92 Å². The molecule has 1 saturated carbocycles. The monoisotopic (exact) mass is 492 g/mol. The van der Waals surface area contributed by atoms with E-state index in [4.69, 9.17) is 9.47 Å². The number of benzene rings is 2. The Balaban J connectivity index is 1.40. The van der Waals surface area contributed by atoms with Gasteiger partial charge in [0, 0.05) is 25.5 Å². The van der Waals surface area contributed by atoms with Crippen molar-refractivity contribution in [2.75, 3.05) is 13.2 Å². The summed E-state index contributed by atoms with van der Waals surface area (Å²) in [6, 6.07) is 9.71. The molecule has 1 heterocycles. The number of hydrogen-bond donors (Lipinski definition) is 3. The first-order chi connectivity index (χ1) is 16.6. The summed E-state index contributed by atoms with van der Waals surface area (Å²) >= 11 is 0. The van der Waals surface area contributed by atoms with E-state index in [1.807, 2.05) is 0 Å². The molecule has 2 aromatic carbocycles. The van der Waals surface area contributed by atoms with Crippen LogP contribution in [0.3, 0.4) is 0 Å². The van der Waals surface area contributed by atoms with Gasteiger partial charge >= 0.3 is 6.18 Å². The third kappa shape index (κ3) is 5.94. The molecule has 4 rings (SSSR count). The fourth-order valence-electron chi connectivity index (χ4n) is 3.85. The smallest absolute Gasteiger partial charge is 0.419 e. The fourth-order valence-corrected chi connectivity index (χ4v) is 3.85. The lowest BCUT2D eigenvalue weighted by Crippen LogP contribution is -2.59. The highest BCUT2D eigenvalue weighted by Crippen LogP contribution is 2.39. The molecule has 2 amide bonds. The molecular weight excluding hydrogens is 465 g/mol. The number of halogens is 3. The number of amides is 2. The summed E-state index contributed by atoms with van der Waals surface area (Å²) in [5.74, 6) is -0.691. The van der Waals surface area contributed by atoms with Crippen LogP contribution >= 0.6 is 0 Å². The quantitative estimate of drug-likeness (QED) is 0.520. The fraction of sp³-hybridized carbons (Fsp3) is 0.440. The van der Waals surface area contributed by atoms with Crippen LogP contribution in [0.25, 0.3) is 0 Å². The molecule has 2 aromatic rings. The first-order valence-electron chi connectivity index (χ1n) is 11.4. The van der Waals surface area contributed by atoms with Crippen molar-refractivity contribution in [2.24, 2.45) is 5.92 Å². The van der Waals surface area contributed by atoms with Gasteiger partial charge in [-0.25, -0.2) is 0 Å². The highest BCUT2D eigenvalue weighted by atomic mass is 19.4. The Morgan fingerprint density at radius 3 is 2.49 bits per heavy atom. The molecule has 2 fully saturated rings. The summed E-state index contributed by atoms with van der Waals surface area (Å²) in [5, 5.41) is 15.3. The Hall–Kier alpha value is -3.11. The number of carbonyl (C=O) groups is 2. The SMILES string of the molecule is CC(O)c1ccc(Oc2ccc(CNC(=O)C3(NC(=O)C4CC4)CCOC3)cc2)c(C(F)(F)F)c1. The first-order valence-corrected chi connectivity index (χ1v) is 11.4. The third-order valence-electron chi connectivity index (χ3n) is 6.16. The Bertz CT molecular complexity index is 1080. The first kappa shape index (κ1) is 25.0. The van der Waals surface area contributed by atoms with Crippen molar-refractivity contribution in [2.45, 2.75) is 50.6 Å². The molecule has 2 aliphatic rings. The second kappa shape index (κ2) is 9.87. The number of aliphatic hydroxyl groups excluding tert-OH is 1. The van der Waals surface area contributed by atoms with Gasteiger partial charge in [0.25, 0.3) is 0 Å². The van der Waals surface area contributed by atoms with Crippen molar-refractivity contribution >= 4 is 11.8 Å². The van der Waals surface area contributed by atoms with Gasteiger partial charge in [-0.3, -0.25) is 9.59 Å². The van der Waals surface area contributed by atoms with E-state index in [-0.39, 0.29) is 47.9 Å². The summed E-state index contributed by atoms with van der Waals surface area (Å²) in [5.41, 5.74) is -1.23. The zero-order valence-corrected chi connectivity index (χ0v) is 19.2. The molecule has 2 atom stereocenters. The van der Waals surface area contributed by atoms with E-state index in [0.29, 0.717) is 18.6 Å². The number of alkyl halides is 3. The number of rotatable bonds is 8. The van der Waals surface area contributed by atoms with Crippen LogP contribution in [0.2, 0.25) is 0 Å². The number of carbonyl (C=O) groups excluding carboxylic acids is 2. The van der Waals surface area contributed by atoms with Crippen molar-refractivity contribution in [3.63, 3.8) is 0 Å². The predicted molar refractivity (Wildman–Crippen MR) is 119 cm³/mol. The van der Waals surface area contributed by atoms with Crippen LogP contribution in [0.15, 0.2) is 42.5 Å². The van der Waals surface area contributed by atoms with E-state index in [9.17, 15) is 27.9 Å². The van der Waals surface area contributed by atoms with Gasteiger partial charge < -0.3 is 25.2 Å². The minimum atomic E-state index is -4.65. The zero-order valence-electron chi connectivity index (χ0n) is 19.2. The maximum atomic E-state index is 13.5. The Labute approximate surface area is 200 Å². The molecule has 0 spiro atoms. The summed E-state index contributed by atoms with van der Waals surface area (Å²) in [6.45, 7) is 2.04. The van der Waals surface area contributed by atoms with Gasteiger partial charge in [0.15, 0.2) is 0 Å². The molecule has 1 saturated heterocycles. The van der Waals surface area contributed by atoms with Crippen LogP contribution in [0.5, 0.6) is 11.5 Å². The zero-order chi connectivity index (χ0) is 25.2. The molecule has 1 aliphatic carbocycles. The molecule has 10 heteroatoms. The maximum absolute atomic E-state index is 13.5. The number of nitrogens with one attached hydrogen (secondary N) is 2. The van der Waals surface area contributed by atoms with Crippen molar-refractivity contribution < 1.29 is 37.3 Å². The average Bonchev–Trinajstić information content (AvgIpc) is 3.57. The lowest BCUT2D eigenvalue weighted by Gasteiger charge is -2.27. The Morgan fingerprint density at radius 2 is 1.91 bits per heavy atom. The van der Waals surface area contributed by atoms with Crippen molar-refractivity contribution in [1.82, 2.24) is 10.6 Å². The highest BCUT2D eigenvalue weighted by Gasteiger charge is 2.45. The van der Waals surface area contributed by atoms with Crippen molar-refractivity contribution in [3.05, 3.63) is 59.2 Å². The van der Waals surface area contributed by atoms with E-state index in [0.717, 1.165) is 18.9 Å². The molecule has 0 aromatic heterocycles. The van der Waals surface area contributed by atoms with Gasteiger partial charge in [-0.1, -0.05) is 18.2 Å². The predicted octanol–water partition coefficient (Wildman–Crippen LogP) is 3.85. The van der Waals surface area contributed by atoms with E-state index in [2.05, 4.69) is 10.6 Å². The average molecular weight is 492 g/mol. The third-order valence-corrected chi connectivity index (χ3v) is 6.16. The maximum Gasteiger partial charge on any atom is 0.419 e. The topological polar surface area (TPSA) is 96.9 Å².